The van der Waals surface area contributed by atoms with Gasteiger partial charge in [0.2, 0.25) is 5.91 Å². The summed E-state index contributed by atoms with van der Waals surface area (Å²) in [5.74, 6) is -0.687. The Bertz CT molecular complexity index is 526. The zero-order valence-corrected chi connectivity index (χ0v) is 13.1. The van der Waals surface area contributed by atoms with E-state index in [1.54, 1.807) is 12.0 Å². The zero-order valence-electron chi connectivity index (χ0n) is 13.1. The molecule has 1 saturated heterocycles. The number of carbonyl (C=O) groups is 2. The van der Waals surface area contributed by atoms with E-state index in [0.717, 1.165) is 17.7 Å². The van der Waals surface area contributed by atoms with Crippen molar-refractivity contribution in [1.82, 2.24) is 4.90 Å². The fourth-order valence-electron chi connectivity index (χ4n) is 2.99. The standard InChI is InChI=1S/C17H23NO4/c1-3-15(12-6-8-14(22-2)9-7-12)16(19)18-10-4-5-13(11-18)17(20)21/h6-9,13,15H,3-5,10-11H2,1-2H3,(H,20,21). The van der Waals surface area contributed by atoms with E-state index in [-0.39, 0.29) is 11.8 Å². The summed E-state index contributed by atoms with van der Waals surface area (Å²) < 4.78 is 5.14. The molecule has 1 amide bonds. The Kier molecular flexibility index (Phi) is 5.41. The number of carboxylic acids is 1. The van der Waals surface area contributed by atoms with Crippen molar-refractivity contribution >= 4 is 11.9 Å². The highest BCUT2D eigenvalue weighted by Gasteiger charge is 2.31. The number of carboxylic acid groups (broad SMARTS) is 1. The number of ether oxygens (including phenoxy) is 1. The first kappa shape index (κ1) is 16.3. The van der Waals surface area contributed by atoms with Crippen molar-refractivity contribution in [3.63, 3.8) is 0 Å². The molecule has 1 fully saturated rings. The number of piperidine rings is 1. The van der Waals surface area contributed by atoms with Crippen LogP contribution in [0.4, 0.5) is 0 Å². The van der Waals surface area contributed by atoms with E-state index < -0.39 is 11.9 Å². The molecule has 22 heavy (non-hydrogen) atoms. The lowest BCUT2D eigenvalue weighted by Crippen LogP contribution is -2.44. The first-order chi connectivity index (χ1) is 10.6. The molecule has 1 N–H and O–H groups in total. The molecule has 0 radical (unpaired) electrons. The van der Waals surface area contributed by atoms with Gasteiger partial charge in [0.05, 0.1) is 18.9 Å². The first-order valence-corrected chi connectivity index (χ1v) is 7.72. The summed E-state index contributed by atoms with van der Waals surface area (Å²) in [6.07, 6.45) is 2.10. The van der Waals surface area contributed by atoms with E-state index in [4.69, 9.17) is 9.84 Å². The Labute approximate surface area is 130 Å². The number of hydrogen-bond donors (Lipinski definition) is 1. The summed E-state index contributed by atoms with van der Waals surface area (Å²) in [4.78, 5) is 25.6. The summed E-state index contributed by atoms with van der Waals surface area (Å²) in [6, 6.07) is 7.51. The van der Waals surface area contributed by atoms with Crippen LogP contribution in [0.25, 0.3) is 0 Å². The highest BCUT2D eigenvalue weighted by atomic mass is 16.5. The van der Waals surface area contributed by atoms with Gasteiger partial charge >= 0.3 is 5.97 Å². The molecule has 1 aromatic carbocycles. The second-order valence-corrected chi connectivity index (χ2v) is 5.70. The molecule has 2 atom stereocenters. The largest absolute Gasteiger partial charge is 0.497 e. The maximum Gasteiger partial charge on any atom is 0.308 e. The first-order valence-electron chi connectivity index (χ1n) is 7.72. The molecule has 1 heterocycles. The minimum atomic E-state index is -0.810. The summed E-state index contributed by atoms with van der Waals surface area (Å²) in [7, 11) is 1.61. The summed E-state index contributed by atoms with van der Waals surface area (Å²) in [5, 5.41) is 9.16. The van der Waals surface area contributed by atoms with Crippen LogP contribution in [0.5, 0.6) is 5.75 Å². The van der Waals surface area contributed by atoms with Crippen molar-refractivity contribution in [3.05, 3.63) is 29.8 Å². The third-order valence-electron chi connectivity index (χ3n) is 4.31. The quantitative estimate of drug-likeness (QED) is 0.907. The second-order valence-electron chi connectivity index (χ2n) is 5.70. The van der Waals surface area contributed by atoms with Crippen LogP contribution in [0.3, 0.4) is 0 Å². The van der Waals surface area contributed by atoms with E-state index in [1.165, 1.54) is 0 Å². The molecule has 1 aromatic rings. The predicted octanol–water partition coefficient (Wildman–Crippen LogP) is 2.51. The molecular formula is C17H23NO4. The molecule has 2 rings (SSSR count). The number of rotatable bonds is 5. The molecule has 0 aromatic heterocycles. The lowest BCUT2D eigenvalue weighted by molar-refractivity contribution is -0.146. The number of likely N-dealkylation sites (tertiary alicyclic amines) is 1. The second kappa shape index (κ2) is 7.29. The molecule has 5 heteroatoms. The summed E-state index contributed by atoms with van der Waals surface area (Å²) >= 11 is 0. The Morgan fingerprint density at radius 2 is 2.05 bits per heavy atom. The summed E-state index contributed by atoms with van der Waals surface area (Å²) in [5.41, 5.74) is 0.950. The number of benzene rings is 1. The molecule has 5 nitrogen and oxygen atoms in total. The van der Waals surface area contributed by atoms with Gasteiger partial charge in [-0.25, -0.2) is 0 Å². The van der Waals surface area contributed by atoms with Crippen molar-refractivity contribution in [2.24, 2.45) is 5.92 Å². The topological polar surface area (TPSA) is 66.8 Å². The van der Waals surface area contributed by atoms with E-state index in [0.29, 0.717) is 25.9 Å². The van der Waals surface area contributed by atoms with Crippen LogP contribution in [0.15, 0.2) is 24.3 Å². The Morgan fingerprint density at radius 3 is 2.59 bits per heavy atom. The average Bonchev–Trinajstić information content (AvgIpc) is 2.56. The molecule has 0 saturated carbocycles. The lowest BCUT2D eigenvalue weighted by atomic mass is 9.92. The van der Waals surface area contributed by atoms with Crippen LogP contribution >= 0.6 is 0 Å². The van der Waals surface area contributed by atoms with Crippen molar-refractivity contribution in [2.45, 2.75) is 32.1 Å². The number of hydrogen-bond acceptors (Lipinski definition) is 3. The van der Waals surface area contributed by atoms with Gasteiger partial charge < -0.3 is 14.7 Å². The number of aliphatic carboxylic acids is 1. The van der Waals surface area contributed by atoms with Gasteiger partial charge in [-0.05, 0) is 37.0 Å². The normalized spacial score (nSPS) is 19.5. The van der Waals surface area contributed by atoms with Crippen LogP contribution in [0.1, 0.15) is 37.7 Å². The maximum atomic E-state index is 12.8. The summed E-state index contributed by atoms with van der Waals surface area (Å²) in [6.45, 7) is 2.95. The van der Waals surface area contributed by atoms with Crippen molar-refractivity contribution in [2.75, 3.05) is 20.2 Å². The average molecular weight is 305 g/mol. The Hall–Kier alpha value is -2.04. The highest BCUT2D eigenvalue weighted by molar-refractivity contribution is 5.84. The number of amides is 1. The number of carbonyl (C=O) groups excluding carboxylic acids is 1. The van der Waals surface area contributed by atoms with Gasteiger partial charge in [0, 0.05) is 13.1 Å². The van der Waals surface area contributed by atoms with Crippen LogP contribution < -0.4 is 4.74 Å². The van der Waals surface area contributed by atoms with Gasteiger partial charge in [-0.3, -0.25) is 9.59 Å². The minimum Gasteiger partial charge on any atom is -0.497 e. The zero-order chi connectivity index (χ0) is 16.1. The molecule has 0 spiro atoms. The van der Waals surface area contributed by atoms with Crippen LogP contribution in [-0.4, -0.2) is 42.1 Å². The highest BCUT2D eigenvalue weighted by Crippen LogP contribution is 2.27. The van der Waals surface area contributed by atoms with Gasteiger partial charge in [-0.1, -0.05) is 19.1 Å². The maximum absolute atomic E-state index is 12.8. The van der Waals surface area contributed by atoms with E-state index in [1.807, 2.05) is 31.2 Å². The minimum absolute atomic E-state index is 0.0265. The van der Waals surface area contributed by atoms with E-state index in [2.05, 4.69) is 0 Å². The van der Waals surface area contributed by atoms with Crippen molar-refractivity contribution < 1.29 is 19.4 Å². The number of nitrogens with zero attached hydrogens (tertiary/aromatic N) is 1. The van der Waals surface area contributed by atoms with Gasteiger partial charge in [0.15, 0.2) is 0 Å². The van der Waals surface area contributed by atoms with Crippen molar-refractivity contribution in [3.8, 4) is 5.75 Å². The van der Waals surface area contributed by atoms with Gasteiger partial charge in [-0.15, -0.1) is 0 Å². The molecular weight excluding hydrogens is 282 g/mol. The molecule has 120 valence electrons. The smallest absolute Gasteiger partial charge is 0.308 e. The number of methoxy groups -OCH3 is 1. The Balaban J connectivity index is 2.12. The van der Waals surface area contributed by atoms with Crippen molar-refractivity contribution in [1.29, 1.82) is 0 Å². The third-order valence-corrected chi connectivity index (χ3v) is 4.31. The molecule has 2 unspecified atom stereocenters. The van der Waals surface area contributed by atoms with Gasteiger partial charge in [0.25, 0.3) is 0 Å². The molecule has 0 aliphatic carbocycles. The van der Waals surface area contributed by atoms with Crippen LogP contribution in [0.2, 0.25) is 0 Å². The monoisotopic (exact) mass is 305 g/mol. The van der Waals surface area contributed by atoms with Crippen LogP contribution in [-0.2, 0) is 9.59 Å². The van der Waals surface area contributed by atoms with Gasteiger partial charge in [0.1, 0.15) is 5.75 Å². The molecule has 1 aliphatic rings. The Morgan fingerprint density at radius 1 is 1.36 bits per heavy atom. The fraction of sp³-hybridized carbons (Fsp3) is 0.529. The third kappa shape index (κ3) is 3.59. The predicted molar refractivity (Wildman–Crippen MR) is 83.0 cm³/mol. The fourth-order valence-corrected chi connectivity index (χ4v) is 2.99. The van der Waals surface area contributed by atoms with E-state index in [9.17, 15) is 9.59 Å². The van der Waals surface area contributed by atoms with E-state index >= 15 is 0 Å². The molecule has 0 bridgehead atoms. The van der Waals surface area contributed by atoms with Crippen LogP contribution in [0, 0.1) is 5.92 Å². The SMILES string of the molecule is CCC(C(=O)N1CCCC(C(=O)O)C1)c1ccc(OC)cc1. The van der Waals surface area contributed by atoms with Gasteiger partial charge in [-0.2, -0.15) is 0 Å². The molecule has 1 aliphatic heterocycles. The lowest BCUT2D eigenvalue weighted by Gasteiger charge is -2.33.